The molecule has 4 atom stereocenters. The molecule has 7 rings (SSSR count). The number of hydrogen-bond acceptors (Lipinski definition) is 7. The number of carbonyl (C=O) groups excluding carboxylic acids is 4. The van der Waals surface area contributed by atoms with Gasteiger partial charge in [-0.25, -0.2) is 4.98 Å². The summed E-state index contributed by atoms with van der Waals surface area (Å²) < 4.78 is 88.6. The Morgan fingerprint density at radius 3 is 2.05 bits per heavy atom. The van der Waals surface area contributed by atoms with E-state index in [0.717, 1.165) is 11.4 Å². The Labute approximate surface area is 334 Å². The molecule has 0 aliphatic carbocycles. The molecule has 0 unspecified atom stereocenters. The lowest BCUT2D eigenvalue weighted by Crippen LogP contribution is -2.40. The van der Waals surface area contributed by atoms with Gasteiger partial charge in [-0.15, -0.1) is 0 Å². The summed E-state index contributed by atoms with van der Waals surface area (Å²) in [5, 5.41) is 0. The molecule has 0 fully saturated rings. The van der Waals surface area contributed by atoms with Gasteiger partial charge in [-0.1, -0.05) is 20.8 Å². The van der Waals surface area contributed by atoms with E-state index in [9.17, 15) is 45.5 Å². The number of esters is 1. The highest BCUT2D eigenvalue weighted by atomic mass is 19.4. The molecule has 1 aromatic carbocycles. The van der Waals surface area contributed by atoms with Crippen LogP contribution >= 0.6 is 0 Å². The van der Waals surface area contributed by atoms with E-state index in [-0.39, 0.29) is 58.9 Å². The highest BCUT2D eigenvalue weighted by molar-refractivity contribution is 6.27. The van der Waals surface area contributed by atoms with E-state index in [1.54, 1.807) is 19.9 Å². The number of fused-ring (bicyclic) bond motifs is 8. The minimum Gasteiger partial charge on any atom is -0.469 e. The third kappa shape index (κ3) is 7.20. The number of halogens is 6. The summed E-state index contributed by atoms with van der Waals surface area (Å²) in [7, 11) is 1.23. The van der Waals surface area contributed by atoms with Gasteiger partial charge in [0.1, 0.15) is 0 Å². The molecule has 0 radical (unpaired) electrons. The molecule has 2 N–H and O–H groups in total. The predicted octanol–water partition coefficient (Wildman–Crippen LogP) is 9.84. The third-order valence-electron chi connectivity index (χ3n) is 12.0. The fourth-order valence-electron chi connectivity index (χ4n) is 8.76. The molecule has 0 saturated carbocycles. The Balaban J connectivity index is 1.57. The smallest absolute Gasteiger partial charge is 0.416 e. The lowest BCUT2D eigenvalue weighted by molar-refractivity contribution is -0.143. The molecule has 16 heteroatoms. The van der Waals surface area contributed by atoms with Gasteiger partial charge in [0, 0.05) is 58.3 Å². The van der Waals surface area contributed by atoms with Crippen LogP contribution < -0.4 is 0 Å². The van der Waals surface area contributed by atoms with Crippen molar-refractivity contribution in [3.63, 3.8) is 0 Å². The molecule has 0 spiro atoms. The van der Waals surface area contributed by atoms with Gasteiger partial charge in [-0.2, -0.15) is 26.3 Å². The number of amides is 2. The van der Waals surface area contributed by atoms with Crippen LogP contribution in [-0.2, 0) is 33.2 Å². The number of rotatable bonds is 7. The lowest BCUT2D eigenvalue weighted by atomic mass is 9.84. The van der Waals surface area contributed by atoms with Crippen LogP contribution in [0.5, 0.6) is 0 Å². The number of aromatic amines is 2. The molecule has 4 aliphatic heterocycles. The van der Waals surface area contributed by atoms with Gasteiger partial charge < -0.3 is 14.7 Å². The maximum atomic E-state index is 14.9. The van der Waals surface area contributed by atoms with Crippen LogP contribution in [0.3, 0.4) is 0 Å². The summed E-state index contributed by atoms with van der Waals surface area (Å²) in [6.07, 6.45) is -9.62. The largest absolute Gasteiger partial charge is 0.469 e. The van der Waals surface area contributed by atoms with E-state index in [2.05, 4.69) is 9.97 Å². The van der Waals surface area contributed by atoms with Crippen LogP contribution in [-0.4, -0.2) is 55.5 Å². The first kappa shape index (κ1) is 41.4. The van der Waals surface area contributed by atoms with Gasteiger partial charge >= 0.3 is 18.3 Å². The average Bonchev–Trinajstić information content (AvgIpc) is 3.84. The van der Waals surface area contributed by atoms with Gasteiger partial charge in [0.2, 0.25) is 0 Å². The van der Waals surface area contributed by atoms with Crippen molar-refractivity contribution in [2.45, 2.75) is 103 Å². The first-order valence-corrected chi connectivity index (χ1v) is 19.1. The number of hydrogen-bond donors (Lipinski definition) is 2. The van der Waals surface area contributed by atoms with E-state index >= 15 is 0 Å². The fraction of sp³-hybridized carbons (Fsp3) is 0.395. The zero-order valence-electron chi connectivity index (χ0n) is 33.3. The van der Waals surface area contributed by atoms with Crippen LogP contribution in [0.2, 0.25) is 0 Å². The van der Waals surface area contributed by atoms with Crippen molar-refractivity contribution in [3.8, 4) is 0 Å². The first-order chi connectivity index (χ1) is 27.6. The van der Waals surface area contributed by atoms with Crippen molar-refractivity contribution in [2.75, 3.05) is 7.11 Å². The molecular weight excluding hydrogens is 780 g/mol. The number of ether oxygens (including phenoxy) is 1. The molecule has 2 amide bonds. The number of carbonyl (C=O) groups is 4. The van der Waals surface area contributed by atoms with Gasteiger partial charge in [0.25, 0.3) is 11.8 Å². The second-order valence-corrected chi connectivity index (χ2v) is 15.5. The number of methoxy groups -OCH3 is 1. The number of nitrogens with one attached hydrogen (secondary N) is 2. The first-order valence-electron chi connectivity index (χ1n) is 19.1. The van der Waals surface area contributed by atoms with Crippen molar-refractivity contribution >= 4 is 45.7 Å². The lowest BCUT2D eigenvalue weighted by Gasteiger charge is -2.27. The normalized spacial score (nSPS) is 20.0. The van der Waals surface area contributed by atoms with E-state index in [1.807, 2.05) is 32.9 Å². The molecule has 2 aromatic heterocycles. The maximum Gasteiger partial charge on any atom is 0.416 e. The van der Waals surface area contributed by atoms with Gasteiger partial charge in [0.15, 0.2) is 5.78 Å². The fourth-order valence-corrected chi connectivity index (χ4v) is 8.76. The minimum atomic E-state index is -5.17. The number of Topliss-reactive ketones (excluding diaryl/α,β-unsaturated/α-hetero) is 1. The van der Waals surface area contributed by atoms with Crippen molar-refractivity contribution in [1.29, 1.82) is 0 Å². The van der Waals surface area contributed by atoms with Gasteiger partial charge in [-0.05, 0) is 86.7 Å². The third-order valence-corrected chi connectivity index (χ3v) is 12.0. The molecule has 6 heterocycles. The summed E-state index contributed by atoms with van der Waals surface area (Å²) >= 11 is 0. The molecule has 8 bridgehead atoms. The Kier molecular flexibility index (Phi) is 10.4. The SMILES string of the molecule is CC[C@@H]1c2cc3[nH]c4c(c5nc(cc6nc(cc([nH]2)[C@H]1C)C(C(C)=O)=C6C)[C@@H](C)[C@@H]5CCC(=O)OC)C(=O)N(Cc1cc(C(F)(F)F)cc(C(F)(F)F)c1)C(=O)c4c3C. The molecule has 0 saturated heterocycles. The number of imide groups is 1. The number of aromatic nitrogens is 4. The molecule has 4 aliphatic rings. The monoisotopic (exact) mass is 821 g/mol. The Morgan fingerprint density at radius 2 is 1.46 bits per heavy atom. The van der Waals surface area contributed by atoms with Crippen LogP contribution in [0.15, 0.2) is 36.4 Å². The number of aryl methyl sites for hydroxylation is 1. The van der Waals surface area contributed by atoms with Crippen LogP contribution in [0.25, 0.3) is 22.2 Å². The molecule has 10 nitrogen and oxygen atoms in total. The highest BCUT2D eigenvalue weighted by Crippen LogP contribution is 2.46. The van der Waals surface area contributed by atoms with Gasteiger partial charge in [-0.3, -0.25) is 29.1 Å². The standard InChI is InChI=1S/C43H41F6N5O5/c1-8-26-18(2)28-16-33-35(22(6)55)20(4)30(51-33)14-29-19(3)27(9-10-34(56)59-7)38(52-29)37-39-36(21(5)31(53-39)15-32(26)50-28)40(57)54(41(37)58)17-23-11-24(42(44,45)46)13-25(12-23)43(47,48)49/h11-16,18-19,26-27,50,53H,8-10,17H2,1-7H3/t18-,19-,26-,27-/m0/s1. The zero-order valence-corrected chi connectivity index (χ0v) is 33.3. The summed E-state index contributed by atoms with van der Waals surface area (Å²) in [6, 6.07) is 6.33. The van der Waals surface area contributed by atoms with Crippen LogP contribution in [0, 0.1) is 6.92 Å². The highest BCUT2D eigenvalue weighted by Gasteiger charge is 2.43. The topological polar surface area (TPSA) is 138 Å². The quantitative estimate of drug-likeness (QED) is 0.138. The molecule has 59 heavy (non-hydrogen) atoms. The van der Waals surface area contributed by atoms with Crippen molar-refractivity contribution in [3.05, 3.63) is 104 Å². The minimum absolute atomic E-state index is 0.00277. The van der Waals surface area contributed by atoms with E-state index in [1.165, 1.54) is 14.0 Å². The van der Waals surface area contributed by atoms with Crippen molar-refractivity contribution < 1.29 is 50.3 Å². The average molecular weight is 822 g/mol. The summed E-state index contributed by atoms with van der Waals surface area (Å²) in [4.78, 5) is 72.2. The summed E-state index contributed by atoms with van der Waals surface area (Å²) in [6.45, 7) is 9.82. The molecule has 310 valence electrons. The predicted molar refractivity (Wildman–Crippen MR) is 205 cm³/mol. The number of nitrogens with zero attached hydrogens (tertiary/aromatic N) is 3. The zero-order chi connectivity index (χ0) is 43.0. The number of ketones is 1. The van der Waals surface area contributed by atoms with Crippen molar-refractivity contribution in [1.82, 2.24) is 24.8 Å². The second kappa shape index (κ2) is 14.8. The number of H-pyrrole nitrogens is 2. The number of alkyl halides is 6. The van der Waals surface area contributed by atoms with Crippen LogP contribution in [0.4, 0.5) is 26.3 Å². The summed E-state index contributed by atoms with van der Waals surface area (Å²) in [5.41, 5.74) is 1.08. The van der Waals surface area contributed by atoms with Crippen LogP contribution in [0.1, 0.15) is 155 Å². The Morgan fingerprint density at radius 1 is 0.814 bits per heavy atom. The number of benzene rings is 1. The Hall–Kier alpha value is -5.80. The van der Waals surface area contributed by atoms with Crippen molar-refractivity contribution in [2.24, 2.45) is 0 Å². The second-order valence-electron chi connectivity index (χ2n) is 15.5. The number of allylic oxidation sites excluding steroid dienone is 2. The Bertz CT molecular complexity index is 2530. The van der Waals surface area contributed by atoms with E-state index in [0.29, 0.717) is 62.8 Å². The molecular formula is C43H41F6N5O5. The van der Waals surface area contributed by atoms with E-state index in [4.69, 9.17) is 14.7 Å². The summed E-state index contributed by atoms with van der Waals surface area (Å²) in [5.74, 6) is -3.94. The molecule has 3 aromatic rings. The maximum absolute atomic E-state index is 14.9. The van der Waals surface area contributed by atoms with Gasteiger partial charge in [0.05, 0.1) is 58.5 Å². The van der Waals surface area contributed by atoms with E-state index < -0.39 is 65.2 Å².